The van der Waals surface area contributed by atoms with Gasteiger partial charge in [-0.1, -0.05) is 0 Å². The van der Waals surface area contributed by atoms with E-state index < -0.39 is 15.9 Å². The molecule has 90 valence electrons. The van der Waals surface area contributed by atoms with Gasteiger partial charge in [0.15, 0.2) is 0 Å². The minimum Gasteiger partial charge on any atom is -0.549 e. The second-order valence-electron chi connectivity index (χ2n) is 3.89. The lowest BCUT2D eigenvalue weighted by Crippen LogP contribution is -2.21. The Bertz CT molecular complexity index is 237. The van der Waals surface area contributed by atoms with Crippen molar-refractivity contribution >= 4 is 15.9 Å². The van der Waals surface area contributed by atoms with Gasteiger partial charge in [-0.3, -0.25) is 4.57 Å². The van der Waals surface area contributed by atoms with Gasteiger partial charge < -0.3 is 13.5 Å². The van der Waals surface area contributed by atoms with E-state index in [4.69, 9.17) is 13.5 Å². The van der Waals surface area contributed by atoms with Crippen molar-refractivity contribution in [3.05, 3.63) is 12.1 Å². The first-order valence-corrected chi connectivity index (χ1v) is 10.1. The van der Waals surface area contributed by atoms with Crippen molar-refractivity contribution in [3.63, 3.8) is 0 Å². The molecule has 0 unspecified atom stereocenters. The van der Waals surface area contributed by atoms with Gasteiger partial charge in [0.1, 0.15) is 0 Å². The number of hydrogen-bond acceptors (Lipinski definition) is 4. The van der Waals surface area contributed by atoms with Gasteiger partial charge in [0.25, 0.3) is 0 Å². The maximum atomic E-state index is 11.9. The van der Waals surface area contributed by atoms with Crippen molar-refractivity contribution < 1.29 is 18.0 Å². The summed E-state index contributed by atoms with van der Waals surface area (Å²) in [5.74, 6) is 1.39. The highest BCUT2D eigenvalue weighted by Gasteiger charge is 2.20. The molecule has 0 aliphatic carbocycles. The van der Waals surface area contributed by atoms with Crippen molar-refractivity contribution in [2.75, 3.05) is 13.2 Å². The Labute approximate surface area is 93.3 Å². The van der Waals surface area contributed by atoms with Crippen LogP contribution in [0.25, 0.3) is 0 Å². The third-order valence-corrected chi connectivity index (χ3v) is 3.85. The average molecular weight is 252 g/mol. The summed E-state index contributed by atoms with van der Waals surface area (Å²) in [6.45, 7) is 10.4. The van der Waals surface area contributed by atoms with E-state index in [0.717, 1.165) is 0 Å². The van der Waals surface area contributed by atoms with Crippen LogP contribution in [0.1, 0.15) is 13.8 Å². The number of rotatable bonds is 7. The highest BCUT2D eigenvalue weighted by Crippen LogP contribution is 2.49. The Kier molecular flexibility index (Phi) is 6.44. The summed E-state index contributed by atoms with van der Waals surface area (Å²) in [6.07, 6.45) is 1.44. The molecule has 4 nitrogen and oxygen atoms in total. The van der Waals surface area contributed by atoms with Crippen LogP contribution < -0.4 is 0 Å². The monoisotopic (exact) mass is 252 g/mol. The highest BCUT2D eigenvalue weighted by atomic mass is 31.2. The van der Waals surface area contributed by atoms with E-state index in [1.807, 2.05) is 19.6 Å². The molecule has 0 radical (unpaired) electrons. The molecule has 0 fully saturated rings. The third-order valence-electron chi connectivity index (χ3n) is 1.28. The topological polar surface area (TPSA) is 44.8 Å². The zero-order chi connectivity index (χ0) is 11.9. The molecule has 0 atom stereocenters. The van der Waals surface area contributed by atoms with Crippen LogP contribution in [-0.2, 0) is 18.0 Å². The second-order valence-corrected chi connectivity index (χ2v) is 10.2. The maximum absolute atomic E-state index is 11.9. The fourth-order valence-electron chi connectivity index (χ4n) is 0.792. The van der Waals surface area contributed by atoms with Crippen LogP contribution in [0.15, 0.2) is 12.1 Å². The lowest BCUT2D eigenvalue weighted by Gasteiger charge is -2.16. The maximum Gasteiger partial charge on any atom is 0.357 e. The predicted molar refractivity (Wildman–Crippen MR) is 64.4 cm³/mol. The van der Waals surface area contributed by atoms with Crippen LogP contribution in [0, 0.1) is 0 Å². The molecule has 0 aromatic heterocycles. The van der Waals surface area contributed by atoms with Gasteiger partial charge in [0, 0.05) is 0 Å². The summed E-state index contributed by atoms with van der Waals surface area (Å²) in [4.78, 5) is 0. The van der Waals surface area contributed by atoms with Crippen molar-refractivity contribution in [3.8, 4) is 0 Å². The molecular formula is C9H21O4PSi. The Morgan fingerprint density at radius 2 is 1.60 bits per heavy atom. The molecule has 0 aliphatic heterocycles. The van der Waals surface area contributed by atoms with Crippen molar-refractivity contribution in [1.82, 2.24) is 0 Å². The molecular weight excluding hydrogens is 231 g/mol. The third kappa shape index (κ3) is 7.79. The van der Waals surface area contributed by atoms with Crippen LogP contribution in [-0.4, -0.2) is 21.5 Å². The minimum absolute atomic E-state index is 0.356. The summed E-state index contributed by atoms with van der Waals surface area (Å²) in [6, 6.07) is 0. The molecule has 0 saturated carbocycles. The lowest BCUT2D eigenvalue weighted by atomic mass is 10.9. The van der Waals surface area contributed by atoms with E-state index in [1.54, 1.807) is 13.8 Å². The van der Waals surface area contributed by atoms with Gasteiger partial charge in [0.2, 0.25) is 8.32 Å². The molecule has 0 aromatic carbocycles. The first-order valence-electron chi connectivity index (χ1n) is 5.07. The van der Waals surface area contributed by atoms with E-state index in [1.165, 1.54) is 12.1 Å². The Morgan fingerprint density at radius 3 is 1.93 bits per heavy atom. The van der Waals surface area contributed by atoms with Gasteiger partial charge >= 0.3 is 7.60 Å². The largest absolute Gasteiger partial charge is 0.549 e. The van der Waals surface area contributed by atoms with E-state index in [2.05, 4.69) is 0 Å². The van der Waals surface area contributed by atoms with E-state index >= 15 is 0 Å². The standard InChI is InChI=1S/C9H21O4PSi/c1-6-11-14(10,12-7-2)9-8-13-15(3,4)5/h8-9H,6-7H2,1-5H3/b9-8+. The van der Waals surface area contributed by atoms with Crippen molar-refractivity contribution in [2.45, 2.75) is 33.5 Å². The molecule has 0 saturated heterocycles. The molecule has 0 spiro atoms. The Balaban J connectivity index is 4.34. The zero-order valence-electron chi connectivity index (χ0n) is 10.1. The van der Waals surface area contributed by atoms with Gasteiger partial charge in [0.05, 0.1) is 25.3 Å². The van der Waals surface area contributed by atoms with Gasteiger partial charge in [-0.05, 0) is 33.5 Å². The summed E-state index contributed by atoms with van der Waals surface area (Å²) in [7, 11) is -4.71. The predicted octanol–water partition coefficient (Wildman–Crippen LogP) is 3.58. The van der Waals surface area contributed by atoms with E-state index in [-0.39, 0.29) is 0 Å². The Hall–Kier alpha value is -0.0931. The molecule has 0 N–H and O–H groups in total. The van der Waals surface area contributed by atoms with Gasteiger partial charge in [-0.2, -0.15) is 0 Å². The second kappa shape index (κ2) is 6.48. The highest BCUT2D eigenvalue weighted by molar-refractivity contribution is 7.57. The van der Waals surface area contributed by atoms with Crippen LogP contribution >= 0.6 is 7.60 Å². The van der Waals surface area contributed by atoms with Crippen LogP contribution in [0.4, 0.5) is 0 Å². The smallest absolute Gasteiger partial charge is 0.357 e. The van der Waals surface area contributed by atoms with Crippen LogP contribution in [0.2, 0.25) is 19.6 Å². The van der Waals surface area contributed by atoms with E-state index in [9.17, 15) is 4.57 Å². The molecule has 0 rings (SSSR count). The minimum atomic E-state index is -3.09. The van der Waals surface area contributed by atoms with E-state index in [0.29, 0.717) is 13.2 Å². The SMILES string of the molecule is CCOP(=O)(/C=C/O[Si](C)(C)C)OCC. The Morgan fingerprint density at radius 1 is 1.13 bits per heavy atom. The summed E-state index contributed by atoms with van der Waals surface area (Å²) >= 11 is 0. The molecule has 0 heterocycles. The van der Waals surface area contributed by atoms with Gasteiger partial charge in [-0.25, -0.2) is 0 Å². The normalized spacial score (nSPS) is 13.4. The molecule has 0 amide bonds. The fraction of sp³-hybridized carbons (Fsp3) is 0.778. The lowest BCUT2D eigenvalue weighted by molar-refractivity contribution is 0.228. The molecule has 0 bridgehead atoms. The summed E-state index contributed by atoms with van der Waals surface area (Å²) < 4.78 is 27.5. The molecule has 0 aromatic rings. The fourth-order valence-corrected chi connectivity index (χ4v) is 2.56. The first-order chi connectivity index (χ1) is 6.83. The van der Waals surface area contributed by atoms with Crippen molar-refractivity contribution in [2.24, 2.45) is 0 Å². The molecule has 15 heavy (non-hydrogen) atoms. The molecule has 6 heteroatoms. The number of hydrogen-bond donors (Lipinski definition) is 0. The average Bonchev–Trinajstić information content (AvgIpc) is 2.01. The molecule has 0 aliphatic rings. The first kappa shape index (κ1) is 14.9. The van der Waals surface area contributed by atoms with Crippen LogP contribution in [0.3, 0.4) is 0 Å². The van der Waals surface area contributed by atoms with Crippen molar-refractivity contribution in [1.29, 1.82) is 0 Å². The van der Waals surface area contributed by atoms with Crippen LogP contribution in [0.5, 0.6) is 0 Å². The van der Waals surface area contributed by atoms with Gasteiger partial charge in [-0.15, -0.1) is 0 Å². The summed E-state index contributed by atoms with van der Waals surface area (Å²) in [5, 5.41) is 0. The summed E-state index contributed by atoms with van der Waals surface area (Å²) in [5.41, 5.74) is 0. The quantitative estimate of drug-likeness (QED) is 0.394. The zero-order valence-corrected chi connectivity index (χ0v) is 12.0.